The van der Waals surface area contributed by atoms with Gasteiger partial charge >= 0.3 is 0 Å². The normalized spacial score (nSPS) is 19.5. The van der Waals surface area contributed by atoms with Gasteiger partial charge in [0, 0.05) is 12.6 Å². The summed E-state index contributed by atoms with van der Waals surface area (Å²) in [5.41, 5.74) is 1.73. The minimum Gasteiger partial charge on any atom is -0.496 e. The first-order chi connectivity index (χ1) is 8.15. The third-order valence-electron chi connectivity index (χ3n) is 3.44. The highest BCUT2D eigenvalue weighted by Crippen LogP contribution is 2.33. The van der Waals surface area contributed by atoms with Crippen LogP contribution in [0.1, 0.15) is 37.0 Å². The second-order valence-corrected chi connectivity index (χ2v) is 4.60. The Morgan fingerprint density at radius 1 is 1.47 bits per heavy atom. The molecule has 0 saturated carbocycles. The van der Waals surface area contributed by atoms with Gasteiger partial charge in [-0.2, -0.15) is 0 Å². The van der Waals surface area contributed by atoms with E-state index in [-0.39, 0.29) is 5.78 Å². The van der Waals surface area contributed by atoms with E-state index in [9.17, 15) is 4.79 Å². The highest BCUT2D eigenvalue weighted by atomic mass is 16.5. The molecule has 1 aromatic carbocycles. The highest BCUT2D eigenvalue weighted by molar-refractivity contribution is 6.02. The SMILES string of the molecule is COc1cccc(N2CCCC2C)c1C(C)=O. The maximum absolute atomic E-state index is 11.8. The van der Waals surface area contributed by atoms with Gasteiger partial charge in [0.25, 0.3) is 0 Å². The topological polar surface area (TPSA) is 29.5 Å². The summed E-state index contributed by atoms with van der Waals surface area (Å²) in [6.45, 7) is 4.83. The van der Waals surface area contributed by atoms with E-state index in [1.54, 1.807) is 14.0 Å². The lowest BCUT2D eigenvalue weighted by molar-refractivity contribution is 0.101. The van der Waals surface area contributed by atoms with Crippen molar-refractivity contribution in [2.24, 2.45) is 0 Å². The van der Waals surface area contributed by atoms with Crippen molar-refractivity contribution in [2.75, 3.05) is 18.6 Å². The summed E-state index contributed by atoms with van der Waals surface area (Å²) < 4.78 is 5.29. The Labute approximate surface area is 102 Å². The Balaban J connectivity index is 2.49. The van der Waals surface area contributed by atoms with Gasteiger partial charge in [-0.1, -0.05) is 6.07 Å². The van der Waals surface area contributed by atoms with Crippen LogP contribution in [0.25, 0.3) is 0 Å². The first-order valence-corrected chi connectivity index (χ1v) is 6.09. The number of hydrogen-bond donors (Lipinski definition) is 0. The molecule has 17 heavy (non-hydrogen) atoms. The molecule has 3 nitrogen and oxygen atoms in total. The molecule has 1 aliphatic heterocycles. The number of benzene rings is 1. The molecular weight excluding hydrogens is 214 g/mol. The molecule has 1 heterocycles. The van der Waals surface area contributed by atoms with Gasteiger partial charge < -0.3 is 9.64 Å². The summed E-state index contributed by atoms with van der Waals surface area (Å²) in [7, 11) is 1.61. The van der Waals surface area contributed by atoms with Gasteiger partial charge in [-0.05, 0) is 38.8 Å². The van der Waals surface area contributed by atoms with Crippen molar-refractivity contribution in [3.05, 3.63) is 23.8 Å². The van der Waals surface area contributed by atoms with Crippen LogP contribution in [-0.2, 0) is 0 Å². The van der Waals surface area contributed by atoms with Gasteiger partial charge in [-0.25, -0.2) is 0 Å². The molecule has 0 aromatic heterocycles. The van der Waals surface area contributed by atoms with Crippen LogP contribution in [0.5, 0.6) is 5.75 Å². The molecule has 2 rings (SSSR count). The van der Waals surface area contributed by atoms with Crippen molar-refractivity contribution in [1.29, 1.82) is 0 Å². The lowest BCUT2D eigenvalue weighted by Gasteiger charge is -2.26. The van der Waals surface area contributed by atoms with Crippen LogP contribution in [0.4, 0.5) is 5.69 Å². The number of rotatable bonds is 3. The molecule has 0 aliphatic carbocycles. The zero-order valence-corrected chi connectivity index (χ0v) is 10.7. The van der Waals surface area contributed by atoms with Gasteiger partial charge in [0.05, 0.1) is 18.4 Å². The Morgan fingerprint density at radius 3 is 2.76 bits per heavy atom. The number of carbonyl (C=O) groups is 1. The Hall–Kier alpha value is -1.51. The maximum atomic E-state index is 11.8. The van der Waals surface area contributed by atoms with E-state index in [1.165, 1.54) is 12.8 Å². The Kier molecular flexibility index (Phi) is 3.36. The minimum atomic E-state index is 0.0663. The standard InChI is InChI=1S/C14H19NO2/c1-10-6-5-9-15(10)12-7-4-8-13(17-3)14(12)11(2)16/h4,7-8,10H,5-6,9H2,1-3H3. The molecule has 92 valence electrons. The van der Waals surface area contributed by atoms with E-state index in [4.69, 9.17) is 4.74 Å². The highest BCUT2D eigenvalue weighted by Gasteiger charge is 2.25. The van der Waals surface area contributed by atoms with Gasteiger partial charge in [0.2, 0.25) is 0 Å². The zero-order chi connectivity index (χ0) is 12.4. The number of methoxy groups -OCH3 is 1. The molecule has 0 N–H and O–H groups in total. The molecule has 1 unspecified atom stereocenters. The van der Waals surface area contributed by atoms with Gasteiger partial charge in [0.1, 0.15) is 5.75 Å². The number of anilines is 1. The molecule has 1 fully saturated rings. The van der Waals surface area contributed by atoms with E-state index >= 15 is 0 Å². The molecule has 0 amide bonds. The molecule has 3 heteroatoms. The Bertz CT molecular complexity index is 428. The van der Waals surface area contributed by atoms with E-state index in [1.807, 2.05) is 18.2 Å². The van der Waals surface area contributed by atoms with Crippen LogP contribution in [0.15, 0.2) is 18.2 Å². The summed E-state index contributed by atoms with van der Waals surface area (Å²) in [4.78, 5) is 14.1. The van der Waals surface area contributed by atoms with E-state index in [0.29, 0.717) is 17.4 Å². The van der Waals surface area contributed by atoms with Crippen LogP contribution in [0.2, 0.25) is 0 Å². The quantitative estimate of drug-likeness (QED) is 0.752. The molecule has 1 atom stereocenters. The van der Waals surface area contributed by atoms with E-state index < -0.39 is 0 Å². The van der Waals surface area contributed by atoms with Crippen LogP contribution < -0.4 is 9.64 Å². The fraction of sp³-hybridized carbons (Fsp3) is 0.500. The second kappa shape index (κ2) is 4.78. The summed E-state index contributed by atoms with van der Waals surface area (Å²) >= 11 is 0. The van der Waals surface area contributed by atoms with Crippen LogP contribution in [0, 0.1) is 0 Å². The minimum absolute atomic E-state index is 0.0663. The zero-order valence-electron chi connectivity index (χ0n) is 10.7. The molecule has 1 aromatic rings. The first-order valence-electron chi connectivity index (χ1n) is 6.09. The van der Waals surface area contributed by atoms with Crippen LogP contribution in [0.3, 0.4) is 0 Å². The lowest BCUT2D eigenvalue weighted by Crippen LogP contribution is -2.28. The molecule has 0 radical (unpaired) electrons. The van der Waals surface area contributed by atoms with Crippen molar-refractivity contribution in [3.63, 3.8) is 0 Å². The monoisotopic (exact) mass is 233 g/mol. The predicted octanol–water partition coefficient (Wildman–Crippen LogP) is 2.89. The smallest absolute Gasteiger partial charge is 0.165 e. The fourth-order valence-corrected chi connectivity index (χ4v) is 2.57. The third-order valence-corrected chi connectivity index (χ3v) is 3.44. The number of hydrogen-bond acceptors (Lipinski definition) is 3. The summed E-state index contributed by atoms with van der Waals surface area (Å²) in [5.74, 6) is 0.741. The van der Waals surface area contributed by atoms with E-state index in [0.717, 1.165) is 12.2 Å². The van der Waals surface area contributed by atoms with Crippen molar-refractivity contribution >= 4 is 11.5 Å². The fourth-order valence-electron chi connectivity index (χ4n) is 2.57. The van der Waals surface area contributed by atoms with Crippen molar-refractivity contribution in [3.8, 4) is 5.75 Å². The molecule has 1 saturated heterocycles. The molecule has 0 spiro atoms. The Morgan fingerprint density at radius 2 is 2.24 bits per heavy atom. The number of ether oxygens (including phenoxy) is 1. The average Bonchev–Trinajstić information content (AvgIpc) is 2.74. The number of carbonyl (C=O) groups excluding carboxylic acids is 1. The largest absolute Gasteiger partial charge is 0.496 e. The number of nitrogens with zero attached hydrogens (tertiary/aromatic N) is 1. The van der Waals surface area contributed by atoms with Crippen LogP contribution in [-0.4, -0.2) is 25.5 Å². The van der Waals surface area contributed by atoms with E-state index in [2.05, 4.69) is 11.8 Å². The third kappa shape index (κ3) is 2.14. The van der Waals surface area contributed by atoms with Gasteiger partial charge in [0.15, 0.2) is 5.78 Å². The van der Waals surface area contributed by atoms with Crippen LogP contribution >= 0.6 is 0 Å². The van der Waals surface area contributed by atoms with Gasteiger partial charge in [-0.15, -0.1) is 0 Å². The predicted molar refractivity (Wildman–Crippen MR) is 69.0 cm³/mol. The van der Waals surface area contributed by atoms with Crippen molar-refractivity contribution < 1.29 is 9.53 Å². The molecule has 0 bridgehead atoms. The summed E-state index contributed by atoms with van der Waals surface area (Å²) in [6, 6.07) is 6.31. The number of Topliss-reactive ketones (excluding diaryl/α,β-unsaturated/α-hetero) is 1. The summed E-state index contributed by atoms with van der Waals surface area (Å²) in [5, 5.41) is 0. The molecular formula is C14H19NO2. The average molecular weight is 233 g/mol. The van der Waals surface area contributed by atoms with Crippen molar-refractivity contribution in [1.82, 2.24) is 0 Å². The van der Waals surface area contributed by atoms with Crippen molar-refractivity contribution in [2.45, 2.75) is 32.7 Å². The van der Waals surface area contributed by atoms with Gasteiger partial charge in [-0.3, -0.25) is 4.79 Å². The molecule has 1 aliphatic rings. The number of ketones is 1. The summed E-state index contributed by atoms with van der Waals surface area (Å²) in [6.07, 6.45) is 2.38. The lowest BCUT2D eigenvalue weighted by atomic mass is 10.1. The maximum Gasteiger partial charge on any atom is 0.165 e. The first kappa shape index (κ1) is 12.0. The second-order valence-electron chi connectivity index (χ2n) is 4.60.